The largest absolute Gasteiger partial charge is 0.311 e. The second-order valence-corrected chi connectivity index (χ2v) is 13.7. The van der Waals surface area contributed by atoms with Gasteiger partial charge in [0.05, 0.1) is 0 Å². The maximum atomic E-state index is 2.33. The molecular weight excluding hydrogens is 623 g/mol. The van der Waals surface area contributed by atoms with Crippen molar-refractivity contribution in [2.75, 3.05) is 4.90 Å². The van der Waals surface area contributed by atoms with Crippen molar-refractivity contribution in [3.63, 3.8) is 0 Å². The quantitative estimate of drug-likeness (QED) is 0.165. The molecule has 0 unspecified atom stereocenters. The average molecular weight is 656 g/mol. The predicted octanol–water partition coefficient (Wildman–Crippen LogP) is 14.2. The van der Waals surface area contributed by atoms with E-state index < -0.39 is 0 Å². The zero-order valence-corrected chi connectivity index (χ0v) is 28.2. The first-order chi connectivity index (χ1) is 24.8. The van der Waals surface area contributed by atoms with Gasteiger partial charge in [-0.3, -0.25) is 0 Å². The van der Waals surface area contributed by atoms with Crippen LogP contribution in [-0.2, 0) is 0 Å². The fraction of sp³-hybridized carbons (Fsp3) is 0. The monoisotopic (exact) mass is 655 g/mol. The second kappa shape index (κ2) is 13.0. The van der Waals surface area contributed by atoms with E-state index in [1.54, 1.807) is 0 Å². The molecule has 0 amide bonds. The van der Waals surface area contributed by atoms with Crippen molar-refractivity contribution in [2.24, 2.45) is 0 Å². The number of rotatable bonds is 7. The van der Waals surface area contributed by atoms with Crippen LogP contribution >= 0.6 is 11.3 Å². The summed E-state index contributed by atoms with van der Waals surface area (Å²) in [4.78, 5) is 2.33. The molecule has 1 nitrogen and oxygen atoms in total. The third-order valence-electron chi connectivity index (χ3n) is 9.46. The first kappa shape index (κ1) is 29.9. The molecule has 0 bridgehead atoms. The van der Waals surface area contributed by atoms with Gasteiger partial charge in [-0.2, -0.15) is 0 Å². The van der Waals surface area contributed by atoms with Gasteiger partial charge < -0.3 is 4.90 Å². The highest BCUT2D eigenvalue weighted by Crippen LogP contribution is 2.40. The van der Waals surface area contributed by atoms with Gasteiger partial charge in [0, 0.05) is 37.2 Å². The Labute approximate surface area is 297 Å². The molecule has 9 rings (SSSR count). The van der Waals surface area contributed by atoms with Gasteiger partial charge in [-0.05, 0) is 111 Å². The average Bonchev–Trinajstić information content (AvgIpc) is 3.57. The van der Waals surface area contributed by atoms with E-state index in [1.807, 2.05) is 11.3 Å². The van der Waals surface area contributed by atoms with Gasteiger partial charge in [0.2, 0.25) is 0 Å². The summed E-state index contributed by atoms with van der Waals surface area (Å²) >= 11 is 1.86. The van der Waals surface area contributed by atoms with Crippen LogP contribution in [0.1, 0.15) is 0 Å². The van der Waals surface area contributed by atoms with Crippen LogP contribution in [0, 0.1) is 0 Å². The number of anilines is 3. The summed E-state index contributed by atoms with van der Waals surface area (Å²) in [5.41, 5.74) is 13.0. The third kappa shape index (κ3) is 5.77. The Morgan fingerprint density at radius 3 is 1.22 bits per heavy atom. The van der Waals surface area contributed by atoms with E-state index in [1.165, 1.54) is 64.7 Å². The van der Waals surface area contributed by atoms with Gasteiger partial charge in [-0.15, -0.1) is 11.3 Å². The van der Waals surface area contributed by atoms with Crippen LogP contribution in [0.5, 0.6) is 0 Å². The zero-order valence-electron chi connectivity index (χ0n) is 27.4. The van der Waals surface area contributed by atoms with Crippen LogP contribution in [0.15, 0.2) is 200 Å². The van der Waals surface area contributed by atoms with Crippen LogP contribution < -0.4 is 4.90 Å². The molecule has 0 aliphatic rings. The molecule has 0 aliphatic carbocycles. The molecule has 0 saturated heterocycles. The molecule has 1 heterocycles. The maximum Gasteiger partial charge on any atom is 0.0462 e. The van der Waals surface area contributed by atoms with Gasteiger partial charge in [-0.1, -0.05) is 133 Å². The smallest absolute Gasteiger partial charge is 0.0462 e. The minimum absolute atomic E-state index is 1.11. The first-order valence-corrected chi connectivity index (χ1v) is 17.8. The standard InChI is InChI=1S/C48H33NS/c1-4-12-34(13-5-1)39-30-40(35-14-6-2-7-15-35)32-41(31-39)37-22-27-44(28-23-37)49(42-16-8-3-9-17-42)43-25-20-36(21-26-43)38-24-29-46-45-18-10-11-19-47(45)50-48(46)33-38/h1-33H. The molecule has 0 atom stereocenters. The molecule has 2 heteroatoms. The van der Waals surface area contributed by atoms with Gasteiger partial charge in [-0.25, -0.2) is 0 Å². The number of para-hydroxylation sites is 1. The molecule has 0 radical (unpaired) electrons. The number of hydrogen-bond acceptors (Lipinski definition) is 2. The lowest BCUT2D eigenvalue weighted by Crippen LogP contribution is -2.09. The van der Waals surface area contributed by atoms with E-state index in [9.17, 15) is 0 Å². The predicted molar refractivity (Wildman–Crippen MR) is 216 cm³/mol. The highest BCUT2D eigenvalue weighted by molar-refractivity contribution is 7.25. The highest BCUT2D eigenvalue weighted by Gasteiger charge is 2.14. The highest BCUT2D eigenvalue weighted by atomic mass is 32.1. The summed E-state index contributed by atoms with van der Waals surface area (Å²) in [7, 11) is 0. The van der Waals surface area contributed by atoms with Crippen molar-refractivity contribution in [1.29, 1.82) is 0 Å². The SMILES string of the molecule is c1ccc(-c2cc(-c3ccccc3)cc(-c3ccc(N(c4ccccc4)c4ccc(-c5ccc6c(c5)sc5ccccc56)cc4)cc3)c2)cc1. The maximum absolute atomic E-state index is 2.33. The van der Waals surface area contributed by atoms with Crippen molar-refractivity contribution in [3.05, 3.63) is 200 Å². The van der Waals surface area contributed by atoms with E-state index >= 15 is 0 Å². The molecule has 8 aromatic carbocycles. The number of hydrogen-bond donors (Lipinski definition) is 0. The Bertz CT molecular complexity index is 2490. The van der Waals surface area contributed by atoms with Crippen LogP contribution in [0.2, 0.25) is 0 Å². The Morgan fingerprint density at radius 2 is 0.660 bits per heavy atom. The first-order valence-electron chi connectivity index (χ1n) is 17.0. The fourth-order valence-electron chi connectivity index (χ4n) is 6.92. The number of fused-ring (bicyclic) bond motifs is 3. The van der Waals surface area contributed by atoms with Gasteiger partial charge >= 0.3 is 0 Å². The lowest BCUT2D eigenvalue weighted by Gasteiger charge is -2.26. The zero-order chi connectivity index (χ0) is 33.3. The fourth-order valence-corrected chi connectivity index (χ4v) is 8.07. The molecule has 0 saturated carbocycles. The van der Waals surface area contributed by atoms with Crippen molar-refractivity contribution in [3.8, 4) is 44.5 Å². The van der Waals surface area contributed by atoms with Crippen LogP contribution in [0.4, 0.5) is 17.1 Å². The number of thiophene rings is 1. The lowest BCUT2D eigenvalue weighted by atomic mass is 9.93. The third-order valence-corrected chi connectivity index (χ3v) is 10.6. The number of benzene rings is 8. The van der Waals surface area contributed by atoms with Gasteiger partial charge in [0.25, 0.3) is 0 Å². The molecule has 0 spiro atoms. The lowest BCUT2D eigenvalue weighted by molar-refractivity contribution is 1.28. The van der Waals surface area contributed by atoms with E-state index in [0.717, 1.165) is 17.1 Å². The summed E-state index contributed by atoms with van der Waals surface area (Å²) in [6.07, 6.45) is 0. The van der Waals surface area contributed by atoms with Crippen LogP contribution in [0.3, 0.4) is 0 Å². The molecule has 0 aliphatic heterocycles. The van der Waals surface area contributed by atoms with Crippen molar-refractivity contribution in [2.45, 2.75) is 0 Å². The van der Waals surface area contributed by atoms with Crippen molar-refractivity contribution < 1.29 is 0 Å². The Hall–Kier alpha value is -6.22. The molecule has 0 N–H and O–H groups in total. The van der Waals surface area contributed by atoms with E-state index in [2.05, 4.69) is 205 Å². The molecule has 236 valence electrons. The molecule has 9 aromatic rings. The molecule has 1 aromatic heterocycles. The summed E-state index contributed by atoms with van der Waals surface area (Å²) < 4.78 is 2.66. The minimum atomic E-state index is 1.11. The van der Waals surface area contributed by atoms with Crippen molar-refractivity contribution in [1.82, 2.24) is 0 Å². The Morgan fingerprint density at radius 1 is 0.260 bits per heavy atom. The summed E-state index contributed by atoms with van der Waals surface area (Å²) in [5.74, 6) is 0. The minimum Gasteiger partial charge on any atom is -0.311 e. The molecular formula is C48H33NS. The van der Waals surface area contributed by atoms with Gasteiger partial charge in [0.1, 0.15) is 0 Å². The number of nitrogens with zero attached hydrogens (tertiary/aromatic N) is 1. The summed E-state index contributed by atoms with van der Waals surface area (Å²) in [6, 6.07) is 72.3. The molecule has 0 fully saturated rings. The molecule has 50 heavy (non-hydrogen) atoms. The van der Waals surface area contributed by atoms with E-state index in [4.69, 9.17) is 0 Å². The summed E-state index contributed by atoms with van der Waals surface area (Å²) in [6.45, 7) is 0. The normalized spacial score (nSPS) is 11.2. The van der Waals surface area contributed by atoms with Crippen LogP contribution in [-0.4, -0.2) is 0 Å². The Kier molecular flexibility index (Phi) is 7.77. The topological polar surface area (TPSA) is 3.24 Å². The van der Waals surface area contributed by atoms with Crippen LogP contribution in [0.25, 0.3) is 64.7 Å². The van der Waals surface area contributed by atoms with E-state index in [0.29, 0.717) is 0 Å². The summed E-state index contributed by atoms with van der Waals surface area (Å²) in [5, 5.41) is 2.66. The van der Waals surface area contributed by atoms with Crippen molar-refractivity contribution >= 4 is 48.6 Å². The second-order valence-electron chi connectivity index (χ2n) is 12.6. The Balaban J connectivity index is 1.07. The van der Waals surface area contributed by atoms with E-state index in [-0.39, 0.29) is 0 Å². The van der Waals surface area contributed by atoms with Gasteiger partial charge in [0.15, 0.2) is 0 Å².